The van der Waals surface area contributed by atoms with Gasteiger partial charge in [0.15, 0.2) is 0 Å². The molecule has 24 heavy (non-hydrogen) atoms. The normalized spacial score (nSPS) is 19.5. The number of carbonyl (C=O) groups excluding carboxylic acids is 1. The number of nitrogens with two attached hydrogens (primary N) is 1. The van der Waals surface area contributed by atoms with Crippen molar-refractivity contribution in [3.8, 4) is 0 Å². The SMILES string of the molecule is C[C@H]1CN(Cc2cccc(C(N)=O)c2)CCN1Cc1nccn1C. The third-order valence-corrected chi connectivity index (χ3v) is 4.73. The Hall–Kier alpha value is -2.18. The molecule has 0 radical (unpaired) electrons. The molecule has 2 aromatic rings. The molecule has 1 aromatic carbocycles. The number of rotatable bonds is 5. The monoisotopic (exact) mass is 327 g/mol. The van der Waals surface area contributed by atoms with E-state index in [2.05, 4.69) is 32.3 Å². The van der Waals surface area contributed by atoms with Gasteiger partial charge in [-0.25, -0.2) is 4.98 Å². The summed E-state index contributed by atoms with van der Waals surface area (Å²) in [5, 5.41) is 0. The van der Waals surface area contributed by atoms with Gasteiger partial charge in [-0.15, -0.1) is 0 Å². The number of carbonyl (C=O) groups is 1. The van der Waals surface area contributed by atoms with Crippen LogP contribution in [0, 0.1) is 0 Å². The van der Waals surface area contributed by atoms with Crippen LogP contribution in [0.1, 0.15) is 28.7 Å². The van der Waals surface area contributed by atoms with E-state index >= 15 is 0 Å². The molecule has 6 heteroatoms. The van der Waals surface area contributed by atoms with Gasteiger partial charge in [0.2, 0.25) is 5.91 Å². The molecule has 1 amide bonds. The number of nitrogens with zero attached hydrogens (tertiary/aromatic N) is 4. The Bertz CT molecular complexity index is 711. The van der Waals surface area contributed by atoms with Crippen LogP contribution in [0.2, 0.25) is 0 Å². The summed E-state index contributed by atoms with van der Waals surface area (Å²) in [5.74, 6) is 0.731. The van der Waals surface area contributed by atoms with Crippen molar-refractivity contribution >= 4 is 5.91 Å². The first kappa shape index (κ1) is 16.7. The molecule has 6 nitrogen and oxygen atoms in total. The van der Waals surface area contributed by atoms with Crippen molar-refractivity contribution in [3.05, 3.63) is 53.6 Å². The van der Waals surface area contributed by atoms with Crippen LogP contribution in [0.15, 0.2) is 36.7 Å². The summed E-state index contributed by atoms with van der Waals surface area (Å²) in [6, 6.07) is 8.08. The average Bonchev–Trinajstić information content (AvgIpc) is 2.95. The Morgan fingerprint density at radius 1 is 1.33 bits per heavy atom. The molecule has 0 spiro atoms. The summed E-state index contributed by atoms with van der Waals surface area (Å²) in [5.41, 5.74) is 7.08. The second-order valence-electron chi connectivity index (χ2n) is 6.57. The number of benzene rings is 1. The summed E-state index contributed by atoms with van der Waals surface area (Å²) in [7, 11) is 2.04. The molecule has 1 fully saturated rings. The Kier molecular flexibility index (Phi) is 4.97. The molecule has 0 bridgehead atoms. The van der Waals surface area contributed by atoms with E-state index in [0.717, 1.165) is 44.1 Å². The fourth-order valence-electron chi connectivity index (χ4n) is 3.26. The lowest BCUT2D eigenvalue weighted by Crippen LogP contribution is -2.51. The zero-order valence-corrected chi connectivity index (χ0v) is 14.4. The number of aryl methyl sites for hydroxylation is 1. The zero-order valence-electron chi connectivity index (χ0n) is 14.4. The Morgan fingerprint density at radius 3 is 2.83 bits per heavy atom. The third kappa shape index (κ3) is 3.83. The lowest BCUT2D eigenvalue weighted by atomic mass is 10.1. The standard InChI is InChI=1S/C18H25N5O/c1-14-11-22(12-15-4-3-5-16(10-15)18(19)24)8-9-23(14)13-17-20-6-7-21(17)2/h3-7,10,14H,8-9,11-13H2,1-2H3,(H2,19,24)/t14-/m0/s1. The van der Waals surface area contributed by atoms with Crippen LogP contribution in [0.3, 0.4) is 0 Å². The molecule has 128 valence electrons. The summed E-state index contributed by atoms with van der Waals surface area (Å²) < 4.78 is 2.08. The van der Waals surface area contributed by atoms with Crippen LogP contribution in [-0.2, 0) is 20.1 Å². The fraction of sp³-hybridized carbons (Fsp3) is 0.444. The summed E-state index contributed by atoms with van der Waals surface area (Å²) in [6.45, 7) is 7.02. The van der Waals surface area contributed by atoms with Crippen LogP contribution >= 0.6 is 0 Å². The van der Waals surface area contributed by atoms with Gasteiger partial charge in [0.05, 0.1) is 6.54 Å². The van der Waals surface area contributed by atoms with Gasteiger partial charge in [-0.1, -0.05) is 12.1 Å². The van der Waals surface area contributed by atoms with Crippen LogP contribution in [0.5, 0.6) is 0 Å². The van der Waals surface area contributed by atoms with Gasteiger partial charge in [-0.05, 0) is 24.6 Å². The first-order valence-corrected chi connectivity index (χ1v) is 8.34. The predicted octanol–water partition coefficient (Wildman–Crippen LogP) is 1.23. The maximum Gasteiger partial charge on any atom is 0.248 e. The number of primary amides is 1. The van der Waals surface area contributed by atoms with Crippen LogP contribution in [0.4, 0.5) is 0 Å². The first-order chi connectivity index (χ1) is 11.5. The van der Waals surface area contributed by atoms with Crippen molar-refractivity contribution in [2.24, 2.45) is 12.8 Å². The molecular formula is C18H25N5O. The summed E-state index contributed by atoms with van der Waals surface area (Å²) >= 11 is 0. The quantitative estimate of drug-likeness (QED) is 0.897. The molecule has 1 saturated heterocycles. The smallest absolute Gasteiger partial charge is 0.248 e. The van der Waals surface area contributed by atoms with Gasteiger partial charge >= 0.3 is 0 Å². The molecule has 0 saturated carbocycles. The number of piperazine rings is 1. The van der Waals surface area contributed by atoms with Crippen LogP contribution < -0.4 is 5.73 Å². The van der Waals surface area contributed by atoms with Crippen molar-refractivity contribution in [2.75, 3.05) is 19.6 Å². The molecule has 1 aromatic heterocycles. The van der Waals surface area contributed by atoms with Crippen LogP contribution in [0.25, 0.3) is 0 Å². The number of hydrogen-bond donors (Lipinski definition) is 1. The highest BCUT2D eigenvalue weighted by Crippen LogP contribution is 2.16. The topological polar surface area (TPSA) is 67.4 Å². The largest absolute Gasteiger partial charge is 0.366 e. The molecule has 2 heterocycles. The molecule has 2 N–H and O–H groups in total. The maximum atomic E-state index is 11.3. The zero-order chi connectivity index (χ0) is 17.1. The van der Waals surface area contributed by atoms with Gasteiger partial charge in [-0.3, -0.25) is 14.6 Å². The number of amides is 1. The highest BCUT2D eigenvalue weighted by Gasteiger charge is 2.24. The molecule has 1 atom stereocenters. The second kappa shape index (κ2) is 7.15. The highest BCUT2D eigenvalue weighted by molar-refractivity contribution is 5.92. The maximum absolute atomic E-state index is 11.3. The van der Waals surface area contributed by atoms with Gasteiger partial charge in [0.1, 0.15) is 5.82 Å². The Balaban J connectivity index is 1.58. The Labute approximate surface area is 142 Å². The summed E-state index contributed by atoms with van der Waals surface area (Å²) in [6.07, 6.45) is 3.84. The van der Waals surface area contributed by atoms with Crippen molar-refractivity contribution in [1.29, 1.82) is 0 Å². The number of imidazole rings is 1. The lowest BCUT2D eigenvalue weighted by molar-refractivity contribution is 0.0707. The molecule has 3 rings (SSSR count). The van der Waals surface area contributed by atoms with Crippen LogP contribution in [-0.4, -0.2) is 50.9 Å². The van der Waals surface area contributed by atoms with E-state index < -0.39 is 0 Å². The first-order valence-electron chi connectivity index (χ1n) is 8.34. The van der Waals surface area contributed by atoms with Gasteiger partial charge < -0.3 is 10.3 Å². The third-order valence-electron chi connectivity index (χ3n) is 4.73. The molecule has 0 unspecified atom stereocenters. The van der Waals surface area contributed by atoms with E-state index in [9.17, 15) is 4.79 Å². The Morgan fingerprint density at radius 2 is 2.17 bits per heavy atom. The minimum atomic E-state index is -0.370. The van der Waals surface area contributed by atoms with Gasteiger partial charge in [-0.2, -0.15) is 0 Å². The molecular weight excluding hydrogens is 302 g/mol. The fourth-order valence-corrected chi connectivity index (χ4v) is 3.26. The van der Waals surface area contributed by atoms with E-state index in [4.69, 9.17) is 5.73 Å². The second-order valence-corrected chi connectivity index (χ2v) is 6.57. The van der Waals surface area contributed by atoms with Gasteiger partial charge in [0, 0.05) is 57.2 Å². The molecule has 1 aliphatic heterocycles. The summed E-state index contributed by atoms with van der Waals surface area (Å²) in [4.78, 5) is 20.6. The van der Waals surface area contributed by atoms with Crippen molar-refractivity contribution < 1.29 is 4.79 Å². The van der Waals surface area contributed by atoms with E-state index in [1.807, 2.05) is 31.6 Å². The van der Waals surface area contributed by atoms with E-state index in [-0.39, 0.29) is 5.91 Å². The number of hydrogen-bond acceptors (Lipinski definition) is 4. The molecule has 1 aliphatic rings. The highest BCUT2D eigenvalue weighted by atomic mass is 16.1. The average molecular weight is 327 g/mol. The van der Waals surface area contributed by atoms with Crippen molar-refractivity contribution in [3.63, 3.8) is 0 Å². The predicted molar refractivity (Wildman–Crippen MR) is 93.3 cm³/mol. The number of aromatic nitrogens is 2. The minimum Gasteiger partial charge on any atom is -0.366 e. The minimum absolute atomic E-state index is 0.370. The van der Waals surface area contributed by atoms with E-state index in [1.54, 1.807) is 6.07 Å². The van der Waals surface area contributed by atoms with Crippen molar-refractivity contribution in [1.82, 2.24) is 19.4 Å². The van der Waals surface area contributed by atoms with E-state index in [1.165, 1.54) is 0 Å². The van der Waals surface area contributed by atoms with E-state index in [0.29, 0.717) is 11.6 Å². The lowest BCUT2D eigenvalue weighted by Gasteiger charge is -2.39. The molecule has 0 aliphatic carbocycles. The van der Waals surface area contributed by atoms with Crippen molar-refractivity contribution in [2.45, 2.75) is 26.1 Å². The van der Waals surface area contributed by atoms with Gasteiger partial charge in [0.25, 0.3) is 0 Å².